The van der Waals surface area contributed by atoms with Crippen LogP contribution in [0.2, 0.25) is 0 Å². The summed E-state index contributed by atoms with van der Waals surface area (Å²) < 4.78 is 14.6. The number of carbonyl (C=O) groups excluding carboxylic acids is 1. The van der Waals surface area contributed by atoms with Gasteiger partial charge in [-0.1, -0.05) is 0 Å². The van der Waals surface area contributed by atoms with E-state index >= 15 is 0 Å². The highest BCUT2D eigenvalue weighted by Gasteiger charge is 2.11. The van der Waals surface area contributed by atoms with Gasteiger partial charge in [-0.25, -0.2) is 14.6 Å². The van der Waals surface area contributed by atoms with Crippen LogP contribution in [0.25, 0.3) is 5.69 Å². The first-order chi connectivity index (χ1) is 8.09. The maximum Gasteiger partial charge on any atom is 0.241 e. The maximum absolute atomic E-state index is 13.4. The standard InChI is InChI=1S/C10H10FN5O/c1-7(17)15(2)8-3-14-16(5-8)9-4-12-6-13-10(9)11/h3-6H,1-2H3. The molecule has 0 aliphatic rings. The third-order valence-corrected chi connectivity index (χ3v) is 2.32. The number of aromatic nitrogens is 4. The molecular weight excluding hydrogens is 225 g/mol. The predicted molar refractivity (Wildman–Crippen MR) is 58.2 cm³/mol. The monoisotopic (exact) mass is 235 g/mol. The summed E-state index contributed by atoms with van der Waals surface area (Å²) in [6, 6.07) is 0. The molecule has 88 valence electrons. The van der Waals surface area contributed by atoms with Crippen molar-refractivity contribution in [2.24, 2.45) is 0 Å². The molecule has 0 N–H and O–H groups in total. The zero-order chi connectivity index (χ0) is 12.4. The van der Waals surface area contributed by atoms with Gasteiger partial charge >= 0.3 is 0 Å². The normalized spacial score (nSPS) is 10.3. The molecule has 0 atom stereocenters. The van der Waals surface area contributed by atoms with Crippen LogP contribution in [0.5, 0.6) is 0 Å². The third kappa shape index (κ3) is 2.12. The van der Waals surface area contributed by atoms with E-state index in [4.69, 9.17) is 0 Å². The van der Waals surface area contributed by atoms with Crippen LogP contribution >= 0.6 is 0 Å². The first-order valence-electron chi connectivity index (χ1n) is 4.84. The topological polar surface area (TPSA) is 63.9 Å². The zero-order valence-electron chi connectivity index (χ0n) is 9.33. The molecule has 0 aliphatic carbocycles. The molecule has 0 unspecified atom stereocenters. The van der Waals surface area contributed by atoms with Crippen molar-refractivity contribution >= 4 is 11.6 Å². The molecule has 6 nitrogen and oxygen atoms in total. The molecule has 2 aromatic heterocycles. The molecule has 0 aliphatic heterocycles. The van der Waals surface area contributed by atoms with E-state index in [1.165, 1.54) is 35.1 Å². The number of carbonyl (C=O) groups is 1. The van der Waals surface area contributed by atoms with Gasteiger partial charge in [0.1, 0.15) is 12.0 Å². The summed E-state index contributed by atoms with van der Waals surface area (Å²) in [5.41, 5.74) is 0.705. The molecule has 0 spiro atoms. The Morgan fingerprint density at radius 3 is 2.88 bits per heavy atom. The summed E-state index contributed by atoms with van der Waals surface area (Å²) in [6.45, 7) is 1.43. The van der Waals surface area contributed by atoms with Gasteiger partial charge in [0.15, 0.2) is 0 Å². The molecule has 0 fully saturated rings. The summed E-state index contributed by atoms with van der Waals surface area (Å²) in [5, 5.41) is 3.95. The number of hydrogen-bond donors (Lipinski definition) is 0. The van der Waals surface area contributed by atoms with E-state index in [0.29, 0.717) is 5.69 Å². The lowest BCUT2D eigenvalue weighted by atomic mass is 10.4. The van der Waals surface area contributed by atoms with Crippen molar-refractivity contribution in [3.05, 3.63) is 30.9 Å². The van der Waals surface area contributed by atoms with Gasteiger partial charge < -0.3 is 4.90 Å². The predicted octanol–water partition coefficient (Wildman–Crippen LogP) is 0.784. The Hall–Kier alpha value is -2.31. The lowest BCUT2D eigenvalue weighted by molar-refractivity contribution is -0.116. The van der Waals surface area contributed by atoms with Gasteiger partial charge in [-0.15, -0.1) is 0 Å². The zero-order valence-corrected chi connectivity index (χ0v) is 9.33. The number of hydrogen-bond acceptors (Lipinski definition) is 4. The fraction of sp³-hybridized carbons (Fsp3) is 0.200. The molecule has 1 amide bonds. The summed E-state index contributed by atoms with van der Waals surface area (Å²) in [6.07, 6.45) is 5.43. The average Bonchev–Trinajstić information content (AvgIpc) is 2.77. The molecule has 0 saturated heterocycles. The van der Waals surface area contributed by atoms with Gasteiger partial charge in [0.25, 0.3) is 0 Å². The number of rotatable bonds is 2. The Labute approximate surface area is 96.7 Å². The van der Waals surface area contributed by atoms with Gasteiger partial charge in [-0.3, -0.25) is 4.79 Å². The van der Waals surface area contributed by atoms with E-state index in [9.17, 15) is 9.18 Å². The summed E-state index contributed by atoms with van der Waals surface area (Å²) in [7, 11) is 1.61. The molecule has 2 aromatic rings. The Morgan fingerprint density at radius 1 is 1.47 bits per heavy atom. The maximum atomic E-state index is 13.4. The first kappa shape index (κ1) is 11.2. The minimum Gasteiger partial charge on any atom is -0.313 e. The molecule has 17 heavy (non-hydrogen) atoms. The van der Waals surface area contributed by atoms with Gasteiger partial charge in [-0.05, 0) is 0 Å². The Kier molecular flexibility index (Phi) is 2.82. The van der Waals surface area contributed by atoms with Gasteiger partial charge in [0, 0.05) is 14.0 Å². The van der Waals surface area contributed by atoms with Crippen molar-refractivity contribution in [3.8, 4) is 5.69 Å². The van der Waals surface area contributed by atoms with Crippen LogP contribution in [-0.2, 0) is 4.79 Å². The lowest BCUT2D eigenvalue weighted by Crippen LogP contribution is -2.22. The van der Waals surface area contributed by atoms with Crippen LogP contribution in [0.15, 0.2) is 24.9 Å². The van der Waals surface area contributed by atoms with Crippen LogP contribution in [0.3, 0.4) is 0 Å². The van der Waals surface area contributed by atoms with E-state index in [1.54, 1.807) is 7.05 Å². The van der Waals surface area contributed by atoms with Gasteiger partial charge in [0.05, 0.1) is 24.3 Å². The largest absolute Gasteiger partial charge is 0.313 e. The minimum atomic E-state index is -0.667. The highest BCUT2D eigenvalue weighted by atomic mass is 19.1. The molecule has 2 heterocycles. The molecule has 2 rings (SSSR count). The van der Waals surface area contributed by atoms with Crippen LogP contribution in [0, 0.1) is 5.95 Å². The summed E-state index contributed by atoms with van der Waals surface area (Å²) in [5.74, 6) is -0.797. The molecule has 0 radical (unpaired) electrons. The van der Waals surface area contributed by atoms with E-state index in [1.807, 2.05) is 0 Å². The molecule has 0 bridgehead atoms. The number of nitrogens with zero attached hydrogens (tertiary/aromatic N) is 5. The smallest absolute Gasteiger partial charge is 0.241 e. The second-order valence-electron chi connectivity index (χ2n) is 3.42. The Balaban J connectivity index is 2.37. The van der Waals surface area contributed by atoms with Crippen LogP contribution in [0.4, 0.5) is 10.1 Å². The van der Waals surface area contributed by atoms with Crippen molar-refractivity contribution in [2.45, 2.75) is 6.92 Å². The molecule has 7 heteroatoms. The highest BCUT2D eigenvalue weighted by Crippen LogP contribution is 2.15. The second-order valence-corrected chi connectivity index (χ2v) is 3.42. The van der Waals surface area contributed by atoms with E-state index in [-0.39, 0.29) is 11.6 Å². The van der Waals surface area contributed by atoms with Crippen molar-refractivity contribution < 1.29 is 9.18 Å². The SMILES string of the molecule is CC(=O)N(C)c1cnn(-c2cncnc2F)c1. The number of amides is 1. The number of halogens is 1. The number of anilines is 1. The van der Waals surface area contributed by atoms with E-state index in [2.05, 4.69) is 15.1 Å². The Morgan fingerprint density at radius 2 is 2.24 bits per heavy atom. The molecule has 0 saturated carbocycles. The second kappa shape index (κ2) is 4.28. The Bertz CT molecular complexity index is 553. The van der Waals surface area contributed by atoms with E-state index in [0.717, 1.165) is 6.33 Å². The summed E-state index contributed by atoms with van der Waals surface area (Å²) >= 11 is 0. The van der Waals surface area contributed by atoms with Crippen molar-refractivity contribution in [3.63, 3.8) is 0 Å². The van der Waals surface area contributed by atoms with Crippen LogP contribution < -0.4 is 4.90 Å². The van der Waals surface area contributed by atoms with E-state index < -0.39 is 5.95 Å². The third-order valence-electron chi connectivity index (χ3n) is 2.32. The van der Waals surface area contributed by atoms with Gasteiger partial charge in [-0.2, -0.15) is 9.49 Å². The van der Waals surface area contributed by atoms with Crippen LogP contribution in [-0.4, -0.2) is 32.7 Å². The molecular formula is C10H10FN5O. The summed E-state index contributed by atoms with van der Waals surface area (Å²) in [4.78, 5) is 19.7. The fourth-order valence-corrected chi connectivity index (χ4v) is 1.26. The van der Waals surface area contributed by atoms with Crippen LogP contribution in [0.1, 0.15) is 6.92 Å². The van der Waals surface area contributed by atoms with Crippen molar-refractivity contribution in [1.82, 2.24) is 19.7 Å². The van der Waals surface area contributed by atoms with Crippen molar-refractivity contribution in [1.29, 1.82) is 0 Å². The molecule has 0 aromatic carbocycles. The lowest BCUT2D eigenvalue weighted by Gasteiger charge is -2.10. The van der Waals surface area contributed by atoms with Gasteiger partial charge in [0.2, 0.25) is 11.9 Å². The first-order valence-corrected chi connectivity index (χ1v) is 4.84. The average molecular weight is 235 g/mol. The quantitative estimate of drug-likeness (QED) is 0.722. The highest BCUT2D eigenvalue weighted by molar-refractivity contribution is 5.90. The minimum absolute atomic E-state index is 0.130. The van der Waals surface area contributed by atoms with Crippen molar-refractivity contribution in [2.75, 3.05) is 11.9 Å². The fourth-order valence-electron chi connectivity index (χ4n) is 1.26.